The molecule has 5 nitrogen and oxygen atoms in total. The number of benzene rings is 2. The van der Waals surface area contributed by atoms with Crippen LogP contribution in [0.2, 0.25) is 0 Å². The number of aryl methyl sites for hydroxylation is 2. The molecular formula is C15H16N2O3S. The number of sulfonamides is 1. The number of hydrogen-bond acceptors (Lipinski definition) is 4. The van der Waals surface area contributed by atoms with Crippen LogP contribution in [0.4, 0.5) is 0 Å². The highest BCUT2D eigenvalue weighted by molar-refractivity contribution is 7.89. The summed E-state index contributed by atoms with van der Waals surface area (Å²) in [4.78, 5) is 2.32. The maximum absolute atomic E-state index is 12.2. The van der Waals surface area contributed by atoms with Crippen molar-refractivity contribution in [3.63, 3.8) is 0 Å². The van der Waals surface area contributed by atoms with E-state index in [9.17, 15) is 13.5 Å². The number of rotatable bonds is 4. The van der Waals surface area contributed by atoms with Crippen LogP contribution in [-0.4, -0.2) is 19.7 Å². The van der Waals surface area contributed by atoms with E-state index >= 15 is 0 Å². The molecule has 0 heterocycles. The van der Waals surface area contributed by atoms with E-state index in [1.807, 2.05) is 6.92 Å². The molecular weight excluding hydrogens is 288 g/mol. The second-order valence-electron chi connectivity index (χ2n) is 4.68. The average Bonchev–Trinajstić information content (AvgIpc) is 2.40. The molecule has 0 fully saturated rings. The quantitative estimate of drug-likeness (QED) is 0.672. The zero-order chi connectivity index (χ0) is 15.5. The predicted molar refractivity (Wildman–Crippen MR) is 81.9 cm³/mol. The Labute approximate surface area is 124 Å². The summed E-state index contributed by atoms with van der Waals surface area (Å²) in [7, 11) is -3.72. The van der Waals surface area contributed by atoms with Gasteiger partial charge in [0.25, 0.3) is 10.0 Å². The van der Waals surface area contributed by atoms with Gasteiger partial charge in [0.05, 0.1) is 11.1 Å². The Morgan fingerprint density at radius 2 is 1.86 bits per heavy atom. The normalized spacial score (nSPS) is 11.7. The van der Waals surface area contributed by atoms with E-state index in [0.717, 1.165) is 5.56 Å². The minimum atomic E-state index is -3.72. The lowest BCUT2D eigenvalue weighted by atomic mass is 10.2. The molecule has 2 aromatic rings. The lowest BCUT2D eigenvalue weighted by Gasteiger charge is -2.07. The molecule has 21 heavy (non-hydrogen) atoms. The van der Waals surface area contributed by atoms with Crippen LogP contribution in [-0.2, 0) is 10.0 Å². The fourth-order valence-corrected chi connectivity index (χ4v) is 2.93. The fourth-order valence-electron chi connectivity index (χ4n) is 1.91. The van der Waals surface area contributed by atoms with E-state index in [2.05, 4.69) is 9.93 Å². The van der Waals surface area contributed by atoms with Gasteiger partial charge in [0.2, 0.25) is 0 Å². The number of aromatic hydroxyl groups is 1. The van der Waals surface area contributed by atoms with Crippen molar-refractivity contribution in [2.24, 2.45) is 5.10 Å². The number of phenolic OH excluding ortho intramolecular Hbond substituents is 1. The summed E-state index contributed by atoms with van der Waals surface area (Å²) in [6.45, 7) is 3.63. The summed E-state index contributed by atoms with van der Waals surface area (Å²) in [5.74, 6) is 0.0342. The molecule has 2 aromatic carbocycles. The van der Waals surface area contributed by atoms with Crippen LogP contribution < -0.4 is 4.83 Å². The number of para-hydroxylation sites is 1. The van der Waals surface area contributed by atoms with Gasteiger partial charge in [-0.25, -0.2) is 4.83 Å². The molecule has 110 valence electrons. The van der Waals surface area contributed by atoms with E-state index in [-0.39, 0.29) is 10.6 Å². The number of hydrogen-bond donors (Lipinski definition) is 2. The third-order valence-corrected chi connectivity index (χ3v) is 4.32. The number of nitrogens with one attached hydrogen (secondary N) is 1. The Balaban J connectivity index is 2.21. The van der Waals surface area contributed by atoms with Gasteiger partial charge in [-0.2, -0.15) is 13.5 Å². The molecule has 0 saturated heterocycles. The second kappa shape index (κ2) is 5.97. The third-order valence-electron chi connectivity index (χ3n) is 2.93. The molecule has 0 spiro atoms. The highest BCUT2D eigenvalue weighted by Crippen LogP contribution is 2.16. The van der Waals surface area contributed by atoms with Gasteiger partial charge >= 0.3 is 0 Å². The van der Waals surface area contributed by atoms with E-state index in [1.165, 1.54) is 12.3 Å². The van der Waals surface area contributed by atoms with Crippen LogP contribution in [0.1, 0.15) is 16.7 Å². The first kappa shape index (κ1) is 15.1. The van der Waals surface area contributed by atoms with Crippen molar-refractivity contribution in [1.82, 2.24) is 4.83 Å². The molecule has 0 aliphatic rings. The molecule has 0 aliphatic heterocycles. The van der Waals surface area contributed by atoms with Crippen molar-refractivity contribution in [2.75, 3.05) is 0 Å². The molecule has 2 rings (SSSR count). The van der Waals surface area contributed by atoms with E-state index < -0.39 is 10.0 Å². The molecule has 0 amide bonds. The lowest BCUT2D eigenvalue weighted by Crippen LogP contribution is -2.19. The zero-order valence-corrected chi connectivity index (χ0v) is 12.6. The van der Waals surface area contributed by atoms with Gasteiger partial charge in [0, 0.05) is 5.56 Å². The van der Waals surface area contributed by atoms with Gasteiger partial charge in [-0.05, 0) is 37.6 Å². The maximum Gasteiger partial charge on any atom is 0.276 e. The average molecular weight is 304 g/mol. The van der Waals surface area contributed by atoms with Gasteiger partial charge in [-0.1, -0.05) is 29.8 Å². The van der Waals surface area contributed by atoms with Gasteiger partial charge in [-0.15, -0.1) is 0 Å². The Kier molecular flexibility index (Phi) is 4.28. The Bertz CT molecular complexity index is 783. The molecule has 0 saturated carbocycles. The van der Waals surface area contributed by atoms with Crippen molar-refractivity contribution in [3.05, 3.63) is 59.2 Å². The molecule has 0 unspecified atom stereocenters. The summed E-state index contributed by atoms with van der Waals surface area (Å²) in [5, 5.41) is 13.3. The summed E-state index contributed by atoms with van der Waals surface area (Å²) < 4.78 is 24.3. The molecule has 2 N–H and O–H groups in total. The number of phenols is 1. The zero-order valence-electron chi connectivity index (χ0n) is 11.7. The van der Waals surface area contributed by atoms with Crippen LogP contribution in [0.25, 0.3) is 0 Å². The van der Waals surface area contributed by atoms with Gasteiger partial charge in [0.15, 0.2) is 0 Å². The highest BCUT2D eigenvalue weighted by Gasteiger charge is 2.15. The van der Waals surface area contributed by atoms with E-state index in [4.69, 9.17) is 0 Å². The van der Waals surface area contributed by atoms with Crippen molar-refractivity contribution >= 4 is 16.2 Å². The molecule has 0 atom stereocenters. The fraction of sp³-hybridized carbons (Fsp3) is 0.133. The summed E-state index contributed by atoms with van der Waals surface area (Å²) in [5.41, 5.74) is 2.07. The van der Waals surface area contributed by atoms with Crippen molar-refractivity contribution in [3.8, 4) is 5.75 Å². The first-order valence-electron chi connectivity index (χ1n) is 6.30. The van der Waals surface area contributed by atoms with Crippen LogP contribution in [0, 0.1) is 13.8 Å². The monoisotopic (exact) mass is 304 g/mol. The SMILES string of the molecule is Cc1ccc(S(=O)(=O)N/N=C/c2ccccc2O)c(C)c1. The van der Waals surface area contributed by atoms with Crippen molar-refractivity contribution in [2.45, 2.75) is 18.7 Å². The first-order chi connectivity index (χ1) is 9.90. The first-order valence-corrected chi connectivity index (χ1v) is 7.78. The van der Waals surface area contributed by atoms with Crippen LogP contribution >= 0.6 is 0 Å². The molecule has 0 radical (unpaired) electrons. The van der Waals surface area contributed by atoms with Gasteiger partial charge in [0.1, 0.15) is 5.75 Å². The Morgan fingerprint density at radius 1 is 1.14 bits per heavy atom. The predicted octanol–water partition coefficient (Wildman–Crippen LogP) is 2.32. The molecule has 0 aliphatic carbocycles. The smallest absolute Gasteiger partial charge is 0.276 e. The molecule has 0 aromatic heterocycles. The standard InChI is InChI=1S/C15H16N2O3S/c1-11-7-8-15(12(2)9-11)21(19,20)17-16-10-13-5-3-4-6-14(13)18/h3-10,17-18H,1-2H3/b16-10+. The van der Waals surface area contributed by atoms with Crippen LogP contribution in [0.3, 0.4) is 0 Å². The summed E-state index contributed by atoms with van der Waals surface area (Å²) in [6.07, 6.45) is 1.26. The Morgan fingerprint density at radius 3 is 2.52 bits per heavy atom. The lowest BCUT2D eigenvalue weighted by molar-refractivity contribution is 0.474. The molecule has 0 bridgehead atoms. The van der Waals surface area contributed by atoms with Crippen LogP contribution in [0.15, 0.2) is 52.5 Å². The van der Waals surface area contributed by atoms with Crippen LogP contribution in [0.5, 0.6) is 5.75 Å². The molecule has 6 heteroatoms. The highest BCUT2D eigenvalue weighted by atomic mass is 32.2. The largest absolute Gasteiger partial charge is 0.507 e. The summed E-state index contributed by atoms with van der Waals surface area (Å²) in [6, 6.07) is 11.6. The minimum absolute atomic E-state index is 0.0342. The summed E-state index contributed by atoms with van der Waals surface area (Å²) >= 11 is 0. The van der Waals surface area contributed by atoms with E-state index in [0.29, 0.717) is 11.1 Å². The second-order valence-corrected chi connectivity index (χ2v) is 6.31. The third kappa shape index (κ3) is 3.61. The van der Waals surface area contributed by atoms with Gasteiger partial charge in [-0.3, -0.25) is 0 Å². The van der Waals surface area contributed by atoms with E-state index in [1.54, 1.807) is 43.3 Å². The minimum Gasteiger partial charge on any atom is -0.507 e. The topological polar surface area (TPSA) is 78.8 Å². The maximum atomic E-state index is 12.2. The van der Waals surface area contributed by atoms with Gasteiger partial charge < -0.3 is 5.11 Å². The van der Waals surface area contributed by atoms with Crippen molar-refractivity contribution in [1.29, 1.82) is 0 Å². The number of nitrogens with zero attached hydrogens (tertiary/aromatic N) is 1. The van der Waals surface area contributed by atoms with Crippen molar-refractivity contribution < 1.29 is 13.5 Å². The Hall–Kier alpha value is -2.34. The number of hydrazone groups is 1.